The van der Waals surface area contributed by atoms with Crippen molar-refractivity contribution in [2.75, 3.05) is 14.2 Å². The first-order valence-electron chi connectivity index (χ1n) is 8.91. The number of hydrogen-bond donors (Lipinski definition) is 2. The molecule has 0 fully saturated rings. The number of aromatic nitrogens is 5. The number of nitrogens with one attached hydrogen (secondary N) is 1. The Labute approximate surface area is 170 Å². The van der Waals surface area contributed by atoms with Crippen LogP contribution in [0.5, 0.6) is 11.5 Å². The minimum Gasteiger partial charge on any atom is -0.495 e. The van der Waals surface area contributed by atoms with Crippen molar-refractivity contribution >= 4 is 17.1 Å². The summed E-state index contributed by atoms with van der Waals surface area (Å²) in [6.07, 6.45) is 3.12. The van der Waals surface area contributed by atoms with Crippen molar-refractivity contribution in [1.29, 1.82) is 0 Å². The number of H-pyrrole nitrogens is 1. The molecule has 0 saturated heterocycles. The number of amides is 1. The van der Waals surface area contributed by atoms with Gasteiger partial charge in [0.25, 0.3) is 5.91 Å². The van der Waals surface area contributed by atoms with E-state index in [0.717, 1.165) is 5.56 Å². The second-order valence-electron chi connectivity index (χ2n) is 6.41. The molecule has 0 aliphatic heterocycles. The van der Waals surface area contributed by atoms with Gasteiger partial charge in [0, 0.05) is 17.3 Å². The third kappa shape index (κ3) is 2.94. The Morgan fingerprint density at radius 3 is 2.53 bits per heavy atom. The molecule has 0 unspecified atom stereocenters. The second-order valence-corrected chi connectivity index (χ2v) is 6.41. The van der Waals surface area contributed by atoms with Crippen LogP contribution >= 0.6 is 0 Å². The zero-order valence-corrected chi connectivity index (χ0v) is 16.5. The summed E-state index contributed by atoms with van der Waals surface area (Å²) < 4.78 is 12.0. The summed E-state index contributed by atoms with van der Waals surface area (Å²) in [6.45, 7) is 1.82. The number of primary amides is 1. The van der Waals surface area contributed by atoms with Crippen LogP contribution in [0.15, 0.2) is 41.5 Å². The average molecular weight is 406 g/mol. The van der Waals surface area contributed by atoms with Crippen LogP contribution in [0.2, 0.25) is 0 Å². The predicted octanol–water partition coefficient (Wildman–Crippen LogP) is 1.60. The van der Waals surface area contributed by atoms with E-state index < -0.39 is 11.6 Å². The monoisotopic (exact) mass is 406 g/mol. The van der Waals surface area contributed by atoms with Crippen molar-refractivity contribution in [2.45, 2.75) is 6.92 Å². The molecule has 3 heterocycles. The maximum Gasteiger partial charge on any atom is 0.332 e. The third-order valence-corrected chi connectivity index (χ3v) is 4.73. The fraction of sp³-hybridized carbons (Fsp3) is 0.150. The van der Waals surface area contributed by atoms with E-state index in [2.05, 4.69) is 19.9 Å². The molecule has 0 aliphatic carbocycles. The fourth-order valence-corrected chi connectivity index (χ4v) is 3.26. The Kier molecular flexibility index (Phi) is 4.66. The van der Waals surface area contributed by atoms with Crippen molar-refractivity contribution in [3.63, 3.8) is 0 Å². The van der Waals surface area contributed by atoms with Gasteiger partial charge in [0.1, 0.15) is 17.0 Å². The first-order valence-corrected chi connectivity index (χ1v) is 8.91. The second kappa shape index (κ2) is 7.32. The number of methoxy groups -OCH3 is 2. The largest absolute Gasteiger partial charge is 0.495 e. The Morgan fingerprint density at radius 2 is 1.83 bits per heavy atom. The normalized spacial score (nSPS) is 10.9. The van der Waals surface area contributed by atoms with E-state index in [0.29, 0.717) is 22.7 Å². The molecule has 0 aliphatic rings. The first kappa shape index (κ1) is 19.1. The number of fused-ring (bicyclic) bond motifs is 1. The van der Waals surface area contributed by atoms with Gasteiger partial charge in [-0.2, -0.15) is 0 Å². The van der Waals surface area contributed by atoms with Crippen molar-refractivity contribution in [3.8, 4) is 28.6 Å². The van der Waals surface area contributed by atoms with Crippen molar-refractivity contribution in [2.24, 2.45) is 5.73 Å². The molecule has 0 atom stereocenters. The molecule has 3 aromatic heterocycles. The van der Waals surface area contributed by atoms with Crippen LogP contribution in [-0.2, 0) is 0 Å². The number of nitrogens with two attached hydrogens (primary N) is 1. The summed E-state index contributed by atoms with van der Waals surface area (Å²) in [4.78, 5) is 40.6. The fourth-order valence-electron chi connectivity index (χ4n) is 3.26. The van der Waals surface area contributed by atoms with Crippen molar-refractivity contribution in [1.82, 2.24) is 24.5 Å². The molecule has 1 amide bonds. The highest BCUT2D eigenvalue weighted by Gasteiger charge is 2.22. The maximum atomic E-state index is 12.8. The molecule has 30 heavy (non-hydrogen) atoms. The van der Waals surface area contributed by atoms with Gasteiger partial charge in [-0.15, -0.1) is 0 Å². The predicted molar refractivity (Wildman–Crippen MR) is 109 cm³/mol. The number of hydrogen-bond acceptors (Lipinski definition) is 7. The lowest BCUT2D eigenvalue weighted by Gasteiger charge is -2.11. The van der Waals surface area contributed by atoms with Crippen LogP contribution in [0.3, 0.4) is 0 Å². The smallest absolute Gasteiger partial charge is 0.332 e. The van der Waals surface area contributed by atoms with E-state index in [-0.39, 0.29) is 22.7 Å². The average Bonchev–Trinajstić information content (AvgIpc) is 3.08. The van der Waals surface area contributed by atoms with Gasteiger partial charge in [0.05, 0.1) is 26.1 Å². The number of carbonyl (C=O) groups is 1. The molecule has 10 nitrogen and oxygen atoms in total. The number of carbonyl (C=O) groups excluding carboxylic acids is 1. The van der Waals surface area contributed by atoms with Crippen molar-refractivity contribution < 1.29 is 14.3 Å². The molecule has 0 saturated carbocycles. The topological polar surface area (TPSA) is 138 Å². The zero-order chi connectivity index (χ0) is 21.4. The zero-order valence-electron chi connectivity index (χ0n) is 16.5. The standard InChI is InChI=1S/C20H18N6O4/c1-10-11(8-22-9-14(10)30-3)18-23-15(17(21)27)16-19(25-18)26(20(28)24-16)12-6-4-5-7-13(12)29-2/h4-9H,1-3H3,(H2,21,27)(H,24,28). The number of rotatable bonds is 5. The summed E-state index contributed by atoms with van der Waals surface area (Å²) in [5.74, 6) is 0.377. The van der Waals surface area contributed by atoms with Crippen LogP contribution in [0.4, 0.5) is 0 Å². The Morgan fingerprint density at radius 1 is 1.10 bits per heavy atom. The molecule has 0 bridgehead atoms. The number of benzene rings is 1. The van der Waals surface area contributed by atoms with E-state index in [4.69, 9.17) is 15.2 Å². The van der Waals surface area contributed by atoms with E-state index in [1.54, 1.807) is 36.7 Å². The number of nitrogens with zero attached hydrogens (tertiary/aromatic N) is 4. The molecule has 1 aromatic carbocycles. The lowest BCUT2D eigenvalue weighted by molar-refractivity contribution is 0.0997. The quantitative estimate of drug-likeness (QED) is 0.513. The van der Waals surface area contributed by atoms with Crippen LogP contribution in [0, 0.1) is 6.92 Å². The number of ether oxygens (including phenoxy) is 2. The van der Waals surface area contributed by atoms with E-state index in [1.165, 1.54) is 18.8 Å². The van der Waals surface area contributed by atoms with E-state index in [1.807, 2.05) is 6.92 Å². The molecular weight excluding hydrogens is 388 g/mol. The number of aromatic amines is 1. The van der Waals surface area contributed by atoms with Gasteiger partial charge in [-0.05, 0) is 19.1 Å². The van der Waals surface area contributed by atoms with Gasteiger partial charge in [-0.3, -0.25) is 9.78 Å². The van der Waals surface area contributed by atoms with Gasteiger partial charge in [0.2, 0.25) is 0 Å². The molecule has 152 valence electrons. The van der Waals surface area contributed by atoms with Gasteiger partial charge in [0.15, 0.2) is 17.2 Å². The van der Waals surface area contributed by atoms with Crippen LogP contribution in [0.25, 0.3) is 28.2 Å². The first-order chi connectivity index (χ1) is 14.5. The summed E-state index contributed by atoms with van der Waals surface area (Å²) in [6, 6.07) is 6.96. The summed E-state index contributed by atoms with van der Waals surface area (Å²) in [5, 5.41) is 0. The highest BCUT2D eigenvalue weighted by atomic mass is 16.5. The number of para-hydroxylation sites is 2. The van der Waals surface area contributed by atoms with Gasteiger partial charge < -0.3 is 20.2 Å². The summed E-state index contributed by atoms with van der Waals surface area (Å²) in [7, 11) is 3.03. The van der Waals surface area contributed by atoms with Gasteiger partial charge in [-0.25, -0.2) is 19.3 Å². The molecular formula is C20H18N6O4. The van der Waals surface area contributed by atoms with Crippen LogP contribution in [0.1, 0.15) is 16.1 Å². The van der Waals surface area contributed by atoms with E-state index >= 15 is 0 Å². The van der Waals surface area contributed by atoms with Crippen LogP contribution in [-0.4, -0.2) is 44.6 Å². The number of imidazole rings is 1. The highest BCUT2D eigenvalue weighted by Crippen LogP contribution is 2.29. The molecule has 0 spiro atoms. The molecule has 4 rings (SSSR count). The van der Waals surface area contributed by atoms with Gasteiger partial charge in [-0.1, -0.05) is 12.1 Å². The lowest BCUT2D eigenvalue weighted by Crippen LogP contribution is -2.16. The summed E-state index contributed by atoms with van der Waals surface area (Å²) in [5.41, 5.74) is 6.97. The molecule has 3 N–H and O–H groups in total. The Hall–Kier alpha value is -4.21. The summed E-state index contributed by atoms with van der Waals surface area (Å²) >= 11 is 0. The SMILES string of the molecule is COc1ccccc1-n1c(=O)[nH]c2c(C(N)=O)nc(-c3cncc(OC)c3C)nc21. The Bertz CT molecular complexity index is 1340. The molecule has 4 aromatic rings. The molecule has 0 radical (unpaired) electrons. The van der Waals surface area contributed by atoms with Crippen molar-refractivity contribution in [3.05, 3.63) is 58.4 Å². The van der Waals surface area contributed by atoms with Gasteiger partial charge >= 0.3 is 5.69 Å². The third-order valence-electron chi connectivity index (χ3n) is 4.73. The Balaban J connectivity index is 2.09. The van der Waals surface area contributed by atoms with E-state index in [9.17, 15) is 9.59 Å². The number of pyridine rings is 1. The minimum absolute atomic E-state index is 0.108. The lowest BCUT2D eigenvalue weighted by atomic mass is 10.1. The minimum atomic E-state index is -0.800. The highest BCUT2D eigenvalue weighted by molar-refractivity contribution is 6.02. The van der Waals surface area contributed by atoms with Crippen LogP contribution < -0.4 is 20.9 Å². The maximum absolute atomic E-state index is 12.8. The molecule has 10 heteroatoms.